The molecule has 1 aliphatic heterocycles. The molecule has 1 N–H and O–H groups in total. The fourth-order valence-electron chi connectivity index (χ4n) is 0.364. The zero-order valence-corrected chi connectivity index (χ0v) is 5.22. The van der Waals surface area contributed by atoms with Gasteiger partial charge in [-0.15, -0.1) is 0 Å². The molecule has 2 nitrogen and oxygen atoms in total. The van der Waals surface area contributed by atoms with Gasteiger partial charge in [-0.25, -0.2) is 0 Å². The summed E-state index contributed by atoms with van der Waals surface area (Å²) in [4.78, 5) is 0. The molecular formula is C3H5NOS2. The Bertz CT molecular complexity index is 179. The van der Waals surface area contributed by atoms with Gasteiger partial charge in [-0.1, -0.05) is 0 Å². The lowest BCUT2D eigenvalue weighted by atomic mass is 11.0. The third kappa shape index (κ3) is 1.14. The second-order valence-corrected chi connectivity index (χ2v) is 4.89. The van der Waals surface area contributed by atoms with Gasteiger partial charge in [0.2, 0.25) is 0 Å². The Morgan fingerprint density at radius 3 is 2.71 bits per heavy atom. The Kier molecular flexibility index (Phi) is 1.05. The molecule has 0 aromatic heterocycles. The number of hydrogen-bond acceptors (Lipinski definition) is 3. The normalized spacial score (nSPS) is 38.3. The van der Waals surface area contributed by atoms with E-state index in [1.54, 1.807) is 6.20 Å². The minimum Gasteiger partial charge on any atom is -0.379 e. The van der Waals surface area contributed by atoms with Crippen LogP contribution < -0.4 is 5.32 Å². The zero-order valence-electron chi connectivity index (χ0n) is 3.59. The van der Waals surface area contributed by atoms with Crippen molar-refractivity contribution in [2.45, 2.75) is 0 Å². The molecule has 0 aliphatic carbocycles. The van der Waals surface area contributed by atoms with Crippen LogP contribution in [-0.2, 0) is 19.7 Å². The highest BCUT2D eigenvalue weighted by Gasteiger charge is 2.02. The first-order chi connectivity index (χ1) is 3.21. The van der Waals surface area contributed by atoms with Gasteiger partial charge < -0.3 is 5.32 Å². The number of rotatable bonds is 0. The SMILES string of the molecule is O=S1(=S)C=CNC1. The molecule has 0 amide bonds. The van der Waals surface area contributed by atoms with E-state index >= 15 is 0 Å². The van der Waals surface area contributed by atoms with Crippen molar-refractivity contribution in [3.63, 3.8) is 0 Å². The molecule has 0 spiro atoms. The van der Waals surface area contributed by atoms with Gasteiger partial charge in [0.1, 0.15) is 0 Å². The van der Waals surface area contributed by atoms with E-state index in [2.05, 4.69) is 16.5 Å². The summed E-state index contributed by atoms with van der Waals surface area (Å²) in [6.45, 7) is 0. The van der Waals surface area contributed by atoms with Gasteiger partial charge in [-0.3, -0.25) is 4.21 Å². The third-order valence-corrected chi connectivity index (χ3v) is 2.48. The molecule has 40 valence electrons. The van der Waals surface area contributed by atoms with Crippen LogP contribution in [0, 0.1) is 0 Å². The first-order valence-electron chi connectivity index (χ1n) is 1.83. The second kappa shape index (κ2) is 1.45. The van der Waals surface area contributed by atoms with Crippen molar-refractivity contribution in [1.29, 1.82) is 0 Å². The van der Waals surface area contributed by atoms with Crippen molar-refractivity contribution >= 4 is 19.7 Å². The minimum absolute atomic E-state index is 0.433. The van der Waals surface area contributed by atoms with Crippen molar-refractivity contribution in [3.8, 4) is 0 Å². The molecular weight excluding hydrogens is 130 g/mol. The van der Waals surface area contributed by atoms with E-state index in [0.29, 0.717) is 5.88 Å². The maximum absolute atomic E-state index is 10.7. The van der Waals surface area contributed by atoms with Gasteiger partial charge in [0.25, 0.3) is 0 Å². The summed E-state index contributed by atoms with van der Waals surface area (Å²) in [5.74, 6) is 0.433. The highest BCUT2D eigenvalue weighted by molar-refractivity contribution is 8.34. The molecule has 1 heterocycles. The minimum atomic E-state index is -2.00. The van der Waals surface area contributed by atoms with E-state index in [4.69, 9.17) is 0 Å². The van der Waals surface area contributed by atoms with E-state index in [0.717, 1.165) is 0 Å². The lowest BCUT2D eigenvalue weighted by molar-refractivity contribution is 0.687. The summed E-state index contributed by atoms with van der Waals surface area (Å²) < 4.78 is 10.7. The molecule has 1 atom stereocenters. The number of nitrogens with one attached hydrogen (secondary N) is 1. The van der Waals surface area contributed by atoms with Crippen molar-refractivity contribution < 1.29 is 4.21 Å². The average Bonchev–Trinajstić information content (AvgIpc) is 1.84. The first kappa shape index (κ1) is 5.05. The Morgan fingerprint density at radius 1 is 1.86 bits per heavy atom. The lowest BCUT2D eigenvalue weighted by Crippen LogP contribution is -2.05. The molecule has 0 saturated heterocycles. The van der Waals surface area contributed by atoms with E-state index in [9.17, 15) is 4.21 Å². The Morgan fingerprint density at radius 2 is 2.57 bits per heavy atom. The van der Waals surface area contributed by atoms with Crippen LogP contribution in [0.4, 0.5) is 0 Å². The lowest BCUT2D eigenvalue weighted by Gasteiger charge is -1.86. The Balaban J connectivity index is 2.99. The summed E-state index contributed by atoms with van der Waals surface area (Å²) in [7, 11) is -2.00. The summed E-state index contributed by atoms with van der Waals surface area (Å²) in [5.41, 5.74) is 0. The van der Waals surface area contributed by atoms with Gasteiger partial charge in [-0.05, 0) is 11.2 Å². The van der Waals surface area contributed by atoms with E-state index in [-0.39, 0.29) is 0 Å². The summed E-state index contributed by atoms with van der Waals surface area (Å²) in [5, 5.41) is 4.28. The molecule has 1 rings (SSSR count). The van der Waals surface area contributed by atoms with Crippen LogP contribution in [0.15, 0.2) is 11.6 Å². The predicted molar refractivity (Wildman–Crippen MR) is 32.7 cm³/mol. The van der Waals surface area contributed by atoms with Gasteiger partial charge in [0.05, 0.1) is 14.4 Å². The van der Waals surface area contributed by atoms with Crippen LogP contribution in [0.5, 0.6) is 0 Å². The van der Waals surface area contributed by atoms with Gasteiger partial charge in [0.15, 0.2) is 0 Å². The van der Waals surface area contributed by atoms with Crippen LogP contribution in [0.25, 0.3) is 0 Å². The molecule has 0 aromatic carbocycles. The highest BCUT2D eigenvalue weighted by Crippen LogP contribution is 1.95. The van der Waals surface area contributed by atoms with Crippen LogP contribution >= 0.6 is 0 Å². The summed E-state index contributed by atoms with van der Waals surface area (Å²) >= 11 is 4.59. The van der Waals surface area contributed by atoms with Gasteiger partial charge in [0, 0.05) is 11.6 Å². The summed E-state index contributed by atoms with van der Waals surface area (Å²) in [6.07, 6.45) is 1.63. The second-order valence-electron chi connectivity index (χ2n) is 1.31. The molecule has 1 unspecified atom stereocenters. The van der Waals surface area contributed by atoms with Crippen molar-refractivity contribution in [1.82, 2.24) is 5.32 Å². The quantitative estimate of drug-likeness (QED) is 0.497. The first-order valence-corrected chi connectivity index (χ1v) is 4.55. The molecule has 0 radical (unpaired) electrons. The van der Waals surface area contributed by atoms with Crippen LogP contribution in [-0.4, -0.2) is 10.1 Å². The van der Waals surface area contributed by atoms with Crippen molar-refractivity contribution in [2.75, 3.05) is 5.88 Å². The average molecular weight is 135 g/mol. The molecule has 4 heteroatoms. The standard InChI is InChI=1S/C3H5NOS2/c5-7(6)2-1-4-3-7/h1-2,4H,3H2. The molecule has 7 heavy (non-hydrogen) atoms. The van der Waals surface area contributed by atoms with Gasteiger partial charge >= 0.3 is 0 Å². The zero-order chi connectivity index (χ0) is 5.33. The molecule has 0 fully saturated rings. The Hall–Kier alpha value is -0.0900. The third-order valence-electron chi connectivity index (χ3n) is 0.678. The molecule has 1 aliphatic rings. The number of hydrogen-bond donors (Lipinski definition) is 1. The smallest absolute Gasteiger partial charge is 0.0969 e. The van der Waals surface area contributed by atoms with E-state index < -0.39 is 8.49 Å². The molecule has 0 aromatic rings. The van der Waals surface area contributed by atoms with Crippen LogP contribution in [0.3, 0.4) is 0 Å². The topological polar surface area (TPSA) is 29.1 Å². The van der Waals surface area contributed by atoms with Crippen LogP contribution in [0.2, 0.25) is 0 Å². The van der Waals surface area contributed by atoms with Crippen molar-refractivity contribution in [2.24, 2.45) is 0 Å². The van der Waals surface area contributed by atoms with Gasteiger partial charge in [-0.2, -0.15) is 0 Å². The fourth-order valence-corrected chi connectivity index (χ4v) is 1.46. The van der Waals surface area contributed by atoms with E-state index in [1.165, 1.54) is 5.41 Å². The molecule has 0 saturated carbocycles. The van der Waals surface area contributed by atoms with Crippen molar-refractivity contribution in [3.05, 3.63) is 11.6 Å². The maximum atomic E-state index is 10.7. The summed E-state index contributed by atoms with van der Waals surface area (Å²) in [6, 6.07) is 0. The highest BCUT2D eigenvalue weighted by atomic mass is 32.8. The Labute approximate surface area is 47.3 Å². The maximum Gasteiger partial charge on any atom is 0.0969 e. The monoisotopic (exact) mass is 135 g/mol. The van der Waals surface area contributed by atoms with Crippen LogP contribution in [0.1, 0.15) is 0 Å². The predicted octanol–water partition coefficient (Wildman–Crippen LogP) is -0.235. The van der Waals surface area contributed by atoms with E-state index in [1.807, 2.05) is 0 Å². The largest absolute Gasteiger partial charge is 0.379 e. The fraction of sp³-hybridized carbons (Fsp3) is 0.333. The molecule has 0 bridgehead atoms.